The van der Waals surface area contributed by atoms with Crippen LogP contribution in [0.2, 0.25) is 0 Å². The maximum absolute atomic E-state index is 13.0. The van der Waals surface area contributed by atoms with Crippen LogP contribution in [0, 0.1) is 0 Å². The number of fused-ring (bicyclic) bond motifs is 1. The van der Waals surface area contributed by atoms with Crippen LogP contribution in [0.5, 0.6) is 0 Å². The van der Waals surface area contributed by atoms with Gasteiger partial charge >= 0.3 is 5.97 Å². The quantitative estimate of drug-likeness (QED) is 0.378. The molecule has 134 valence electrons. The van der Waals surface area contributed by atoms with Gasteiger partial charge in [0.15, 0.2) is 5.16 Å². The minimum absolute atomic E-state index is 0.141. The fourth-order valence-electron chi connectivity index (χ4n) is 2.52. The fourth-order valence-corrected chi connectivity index (χ4v) is 3.42. The van der Waals surface area contributed by atoms with Crippen LogP contribution >= 0.6 is 11.8 Å². The number of carbonyl (C=O) groups excluding carboxylic acids is 1. The largest absolute Gasteiger partial charge is 0.465 e. The van der Waals surface area contributed by atoms with E-state index in [0.717, 1.165) is 5.56 Å². The summed E-state index contributed by atoms with van der Waals surface area (Å²) in [5.74, 6) is -0.326. The van der Waals surface area contributed by atoms with Gasteiger partial charge in [0.05, 0.1) is 24.1 Å². The van der Waals surface area contributed by atoms with Crippen molar-refractivity contribution < 1.29 is 9.53 Å². The molecule has 0 unspecified atom stereocenters. The zero-order valence-electron chi connectivity index (χ0n) is 14.6. The molecule has 2 aromatic heterocycles. The number of esters is 1. The monoisotopic (exact) mass is 369 g/mol. The number of para-hydroxylation sites is 1. The Hall–Kier alpha value is -2.67. The van der Waals surface area contributed by atoms with Crippen molar-refractivity contribution in [3.05, 3.63) is 64.7 Å². The second kappa shape index (κ2) is 8.14. The number of hydrogen-bond donors (Lipinski definition) is 0. The van der Waals surface area contributed by atoms with Crippen molar-refractivity contribution in [3.63, 3.8) is 0 Å². The van der Waals surface area contributed by atoms with Crippen molar-refractivity contribution in [2.75, 3.05) is 6.61 Å². The van der Waals surface area contributed by atoms with Crippen molar-refractivity contribution in [1.29, 1.82) is 0 Å². The third-order valence-corrected chi connectivity index (χ3v) is 4.86. The van der Waals surface area contributed by atoms with Gasteiger partial charge in [-0.15, -0.1) is 0 Å². The molecule has 26 heavy (non-hydrogen) atoms. The maximum atomic E-state index is 13.0. The number of ether oxygens (including phenoxy) is 1. The molecule has 0 fully saturated rings. The Morgan fingerprint density at radius 3 is 2.81 bits per heavy atom. The molecule has 6 nitrogen and oxygen atoms in total. The van der Waals surface area contributed by atoms with Crippen LogP contribution in [0.15, 0.2) is 58.7 Å². The summed E-state index contributed by atoms with van der Waals surface area (Å²) >= 11 is 1.22. The average molecular weight is 369 g/mol. The summed E-state index contributed by atoms with van der Waals surface area (Å²) in [6.45, 7) is 4.17. The summed E-state index contributed by atoms with van der Waals surface area (Å²) in [5.41, 5.74) is 1.36. The predicted molar refractivity (Wildman–Crippen MR) is 101 cm³/mol. The van der Waals surface area contributed by atoms with Crippen LogP contribution in [-0.4, -0.2) is 32.4 Å². The van der Waals surface area contributed by atoms with E-state index in [9.17, 15) is 9.59 Å². The van der Waals surface area contributed by atoms with Crippen LogP contribution < -0.4 is 5.56 Å². The zero-order chi connectivity index (χ0) is 18.5. The molecule has 0 amide bonds. The molecule has 0 aliphatic heterocycles. The Morgan fingerprint density at radius 2 is 2.08 bits per heavy atom. The van der Waals surface area contributed by atoms with Gasteiger partial charge in [-0.2, -0.15) is 0 Å². The first-order valence-corrected chi connectivity index (χ1v) is 9.20. The summed E-state index contributed by atoms with van der Waals surface area (Å²) in [6, 6.07) is 10.9. The minimum Gasteiger partial charge on any atom is -0.465 e. The lowest BCUT2D eigenvalue weighted by Crippen LogP contribution is -2.26. The molecule has 0 saturated heterocycles. The number of aromatic nitrogens is 3. The number of rotatable bonds is 6. The molecule has 0 aliphatic carbocycles. The second-order valence-electron chi connectivity index (χ2n) is 5.68. The van der Waals surface area contributed by atoms with Crippen LogP contribution in [0.25, 0.3) is 10.9 Å². The molecule has 0 N–H and O–H groups in total. The highest BCUT2D eigenvalue weighted by molar-refractivity contribution is 8.00. The molecule has 2 heterocycles. The third-order valence-electron chi connectivity index (χ3n) is 3.79. The molecule has 0 spiro atoms. The smallest absolute Gasteiger partial charge is 0.319 e. The van der Waals surface area contributed by atoms with E-state index in [1.54, 1.807) is 42.9 Å². The van der Waals surface area contributed by atoms with Crippen molar-refractivity contribution in [2.45, 2.75) is 30.8 Å². The molecule has 3 aromatic rings. The molecule has 0 aliphatic rings. The molecular formula is C19H19N3O3S. The van der Waals surface area contributed by atoms with Crippen molar-refractivity contribution in [1.82, 2.24) is 14.5 Å². The van der Waals surface area contributed by atoms with Gasteiger partial charge in [-0.05, 0) is 37.6 Å². The number of hydrogen-bond acceptors (Lipinski definition) is 6. The molecule has 0 saturated carbocycles. The summed E-state index contributed by atoms with van der Waals surface area (Å²) in [6.07, 6.45) is 3.40. The normalized spacial score (nSPS) is 12.1. The summed E-state index contributed by atoms with van der Waals surface area (Å²) in [5, 5.41) is 0.561. The Balaban J connectivity index is 2.05. The number of benzene rings is 1. The van der Waals surface area contributed by atoms with Crippen LogP contribution in [0.4, 0.5) is 0 Å². The lowest BCUT2D eigenvalue weighted by Gasteiger charge is -2.15. The molecule has 0 bridgehead atoms. The Kier molecular flexibility index (Phi) is 5.68. The maximum Gasteiger partial charge on any atom is 0.319 e. The highest BCUT2D eigenvalue weighted by atomic mass is 32.2. The second-order valence-corrected chi connectivity index (χ2v) is 6.98. The average Bonchev–Trinajstić information content (AvgIpc) is 2.66. The van der Waals surface area contributed by atoms with Gasteiger partial charge in [0, 0.05) is 12.4 Å². The minimum atomic E-state index is -0.469. The van der Waals surface area contributed by atoms with Crippen LogP contribution in [0.1, 0.15) is 19.4 Å². The van der Waals surface area contributed by atoms with Gasteiger partial charge < -0.3 is 4.74 Å². The Bertz CT molecular complexity index is 973. The van der Waals surface area contributed by atoms with Gasteiger partial charge in [-0.3, -0.25) is 19.1 Å². The lowest BCUT2D eigenvalue weighted by molar-refractivity contribution is -0.142. The topological polar surface area (TPSA) is 74.1 Å². The van der Waals surface area contributed by atoms with Crippen molar-refractivity contribution >= 4 is 28.6 Å². The standard InChI is InChI=1S/C19H19N3O3S/c1-3-25-18(24)13(2)26-19-21-16-9-5-4-8-15(16)17(23)22(19)12-14-7-6-10-20-11-14/h4-11,13H,3,12H2,1-2H3/t13-/m1/s1. The van der Waals surface area contributed by atoms with Gasteiger partial charge in [0.25, 0.3) is 5.56 Å². The highest BCUT2D eigenvalue weighted by Gasteiger charge is 2.20. The first-order chi connectivity index (χ1) is 12.6. The summed E-state index contributed by atoms with van der Waals surface area (Å²) in [4.78, 5) is 33.7. The zero-order valence-corrected chi connectivity index (χ0v) is 15.4. The Labute approximate surface area is 155 Å². The Morgan fingerprint density at radius 1 is 1.27 bits per heavy atom. The van der Waals surface area contributed by atoms with E-state index in [-0.39, 0.29) is 11.5 Å². The van der Waals surface area contributed by atoms with E-state index in [1.807, 2.05) is 24.3 Å². The van der Waals surface area contributed by atoms with Crippen molar-refractivity contribution in [2.24, 2.45) is 0 Å². The van der Waals surface area contributed by atoms with E-state index in [1.165, 1.54) is 11.8 Å². The molecule has 7 heteroatoms. The van der Waals surface area contributed by atoms with Gasteiger partial charge in [-0.25, -0.2) is 4.98 Å². The van der Waals surface area contributed by atoms with Gasteiger partial charge in [0.1, 0.15) is 5.25 Å². The SMILES string of the molecule is CCOC(=O)[C@@H](C)Sc1nc2ccccc2c(=O)n1Cc1cccnc1. The van der Waals surface area contributed by atoms with Gasteiger partial charge in [0.2, 0.25) is 0 Å². The van der Waals surface area contributed by atoms with Crippen molar-refractivity contribution in [3.8, 4) is 0 Å². The van der Waals surface area contributed by atoms with E-state index < -0.39 is 5.25 Å². The predicted octanol–water partition coefficient (Wildman–Crippen LogP) is 2.88. The summed E-state index contributed by atoms with van der Waals surface area (Å²) < 4.78 is 6.65. The van der Waals surface area contributed by atoms with Gasteiger partial charge in [-0.1, -0.05) is 30.0 Å². The van der Waals surface area contributed by atoms with Crippen LogP contribution in [0.3, 0.4) is 0 Å². The lowest BCUT2D eigenvalue weighted by atomic mass is 10.2. The highest BCUT2D eigenvalue weighted by Crippen LogP contribution is 2.24. The van der Waals surface area contributed by atoms with E-state index >= 15 is 0 Å². The summed E-state index contributed by atoms with van der Waals surface area (Å²) in [7, 11) is 0. The first kappa shape index (κ1) is 18.1. The number of thioether (sulfide) groups is 1. The van der Waals surface area contributed by atoms with Crippen LogP contribution in [-0.2, 0) is 16.1 Å². The molecule has 1 atom stereocenters. The van der Waals surface area contributed by atoms with E-state index in [4.69, 9.17) is 4.74 Å². The number of pyridine rings is 1. The molecule has 3 rings (SSSR count). The molecular weight excluding hydrogens is 350 g/mol. The molecule has 0 radical (unpaired) electrons. The van der Waals surface area contributed by atoms with E-state index in [0.29, 0.717) is 29.2 Å². The molecule has 1 aromatic carbocycles. The number of carbonyl (C=O) groups is 1. The van der Waals surface area contributed by atoms with E-state index in [2.05, 4.69) is 9.97 Å². The number of nitrogens with zero attached hydrogens (tertiary/aromatic N) is 3. The third kappa shape index (κ3) is 3.94. The fraction of sp³-hybridized carbons (Fsp3) is 0.263. The first-order valence-electron chi connectivity index (χ1n) is 8.32.